The Morgan fingerprint density at radius 2 is 1.73 bits per heavy atom. The van der Waals surface area contributed by atoms with E-state index in [9.17, 15) is 28.2 Å². The Hall–Kier alpha value is -2.99. The number of carbonyl (C=O) groups is 2. The first-order valence-electron chi connectivity index (χ1n) is 10.1. The summed E-state index contributed by atoms with van der Waals surface area (Å²) < 4.78 is 31.2. The molecule has 33 heavy (non-hydrogen) atoms. The van der Waals surface area contributed by atoms with E-state index in [0.717, 1.165) is 0 Å². The molecule has 182 valence electrons. The van der Waals surface area contributed by atoms with Crippen LogP contribution in [0.5, 0.6) is 11.5 Å². The van der Waals surface area contributed by atoms with Crippen molar-refractivity contribution in [1.29, 1.82) is 0 Å². The van der Waals surface area contributed by atoms with Crippen molar-refractivity contribution >= 4 is 27.7 Å². The highest BCUT2D eigenvalue weighted by Gasteiger charge is 2.18. The molecule has 11 heteroatoms. The van der Waals surface area contributed by atoms with Crippen LogP contribution in [0.3, 0.4) is 0 Å². The van der Waals surface area contributed by atoms with Crippen molar-refractivity contribution < 1.29 is 37.5 Å². The molecule has 0 aliphatic heterocycles. The van der Waals surface area contributed by atoms with Gasteiger partial charge in [0.1, 0.15) is 0 Å². The van der Waals surface area contributed by atoms with Gasteiger partial charge in [-0.2, -0.15) is 8.42 Å². The number of phenolic OH excluding ortho intramolecular Hbond substituents is 1. The van der Waals surface area contributed by atoms with Gasteiger partial charge in [0.05, 0.1) is 23.6 Å². The van der Waals surface area contributed by atoms with Crippen LogP contribution in [-0.4, -0.2) is 53.9 Å². The van der Waals surface area contributed by atoms with Crippen LogP contribution in [0.15, 0.2) is 42.5 Å². The molecule has 0 aliphatic rings. The lowest BCUT2D eigenvalue weighted by Crippen LogP contribution is -2.27. The van der Waals surface area contributed by atoms with Gasteiger partial charge < -0.3 is 25.6 Å². The number of carbonyl (C=O) groups excluding carboxylic acids is 2. The summed E-state index contributed by atoms with van der Waals surface area (Å²) in [5, 5.41) is 26.1. The fourth-order valence-electron chi connectivity index (χ4n) is 2.46. The van der Waals surface area contributed by atoms with Crippen molar-refractivity contribution in [3.05, 3.63) is 53.6 Å². The van der Waals surface area contributed by atoms with Crippen LogP contribution in [0, 0.1) is 0 Å². The second-order valence-corrected chi connectivity index (χ2v) is 8.84. The quantitative estimate of drug-likeness (QED) is 0.216. The molecule has 2 aromatic carbocycles. The maximum absolute atomic E-state index is 12.5. The van der Waals surface area contributed by atoms with Crippen molar-refractivity contribution in [2.75, 3.05) is 18.1 Å². The molecule has 0 fully saturated rings. The first kappa shape index (κ1) is 28.0. The summed E-state index contributed by atoms with van der Waals surface area (Å²) in [7, 11) is -3.67. The molecule has 0 heterocycles. The standard InChI is InChI=1S/C21H26N2O5.CH4O3S/c1-4-20(26)23-16-8-6-5-7-15(16)21(27)28-19-10-9-14(11-17(19)24)18(25)12-22-13(2)3;1-5(2,3)4/h5-11,13,18,22,24-25H,4,12H2,1-3H3,(H,23,26);1H3,(H,2,3,4). The lowest BCUT2D eigenvalue weighted by atomic mass is 10.1. The second kappa shape index (κ2) is 12.9. The van der Waals surface area contributed by atoms with Gasteiger partial charge in [-0.1, -0.05) is 39.0 Å². The molecule has 0 radical (unpaired) electrons. The lowest BCUT2D eigenvalue weighted by molar-refractivity contribution is -0.115. The van der Waals surface area contributed by atoms with Crippen molar-refractivity contribution in [3.63, 3.8) is 0 Å². The first-order chi connectivity index (χ1) is 15.3. The highest BCUT2D eigenvalue weighted by molar-refractivity contribution is 7.85. The summed E-state index contributed by atoms with van der Waals surface area (Å²) in [6.45, 7) is 5.97. The Morgan fingerprint density at radius 1 is 1.12 bits per heavy atom. The average molecular weight is 483 g/mol. The zero-order chi connectivity index (χ0) is 25.2. The topological polar surface area (TPSA) is 162 Å². The summed E-state index contributed by atoms with van der Waals surface area (Å²) in [6, 6.07) is 11.1. The number of aliphatic hydroxyl groups is 1. The third-order valence-electron chi connectivity index (χ3n) is 4.03. The fourth-order valence-corrected chi connectivity index (χ4v) is 2.46. The van der Waals surface area contributed by atoms with E-state index in [4.69, 9.17) is 9.29 Å². The largest absolute Gasteiger partial charge is 0.504 e. The molecular weight excluding hydrogens is 452 g/mol. The van der Waals surface area contributed by atoms with Crippen molar-refractivity contribution in [3.8, 4) is 11.5 Å². The highest BCUT2D eigenvalue weighted by Crippen LogP contribution is 2.30. The predicted molar refractivity (Wildman–Crippen MR) is 124 cm³/mol. The summed E-state index contributed by atoms with van der Waals surface area (Å²) >= 11 is 0. The summed E-state index contributed by atoms with van der Waals surface area (Å²) in [4.78, 5) is 24.1. The summed E-state index contributed by atoms with van der Waals surface area (Å²) in [5.74, 6) is -1.23. The normalized spacial score (nSPS) is 11.8. The number of benzene rings is 2. The van der Waals surface area contributed by atoms with E-state index >= 15 is 0 Å². The van der Waals surface area contributed by atoms with E-state index in [-0.39, 0.29) is 35.4 Å². The van der Waals surface area contributed by atoms with E-state index in [1.165, 1.54) is 18.2 Å². The summed E-state index contributed by atoms with van der Waals surface area (Å²) in [5.41, 5.74) is 1.01. The van der Waals surface area contributed by atoms with Gasteiger partial charge in [-0.05, 0) is 29.8 Å². The van der Waals surface area contributed by atoms with Gasteiger partial charge in [-0.3, -0.25) is 9.35 Å². The number of anilines is 1. The Morgan fingerprint density at radius 3 is 2.27 bits per heavy atom. The molecule has 0 bridgehead atoms. The number of rotatable bonds is 8. The van der Waals surface area contributed by atoms with Crippen molar-refractivity contribution in [2.45, 2.75) is 39.3 Å². The molecule has 10 nitrogen and oxygen atoms in total. The monoisotopic (exact) mass is 482 g/mol. The highest BCUT2D eigenvalue weighted by atomic mass is 32.2. The maximum atomic E-state index is 12.5. The molecule has 1 amide bonds. The first-order valence-corrected chi connectivity index (χ1v) is 11.9. The predicted octanol–water partition coefficient (Wildman–Crippen LogP) is 2.50. The third-order valence-corrected chi connectivity index (χ3v) is 4.03. The van der Waals surface area contributed by atoms with E-state index in [2.05, 4.69) is 10.6 Å². The lowest BCUT2D eigenvalue weighted by Gasteiger charge is -2.16. The summed E-state index contributed by atoms with van der Waals surface area (Å²) in [6.07, 6.45) is 0.190. The number of hydrogen-bond donors (Lipinski definition) is 5. The smallest absolute Gasteiger partial charge is 0.345 e. The number of aliphatic hydroxyl groups excluding tert-OH is 1. The van der Waals surface area contributed by atoms with Crippen LogP contribution in [-0.2, 0) is 14.9 Å². The number of nitrogens with one attached hydrogen (secondary N) is 2. The number of amides is 1. The molecule has 2 rings (SSSR count). The minimum Gasteiger partial charge on any atom is -0.504 e. The molecule has 5 N–H and O–H groups in total. The van der Waals surface area contributed by atoms with Crippen LogP contribution < -0.4 is 15.4 Å². The number of para-hydroxylation sites is 1. The molecule has 2 aromatic rings. The third kappa shape index (κ3) is 10.9. The zero-order valence-corrected chi connectivity index (χ0v) is 19.7. The number of phenols is 1. The molecule has 0 saturated carbocycles. The molecule has 0 saturated heterocycles. The molecule has 0 aromatic heterocycles. The van der Waals surface area contributed by atoms with Crippen LogP contribution in [0.4, 0.5) is 5.69 Å². The van der Waals surface area contributed by atoms with E-state index in [1.807, 2.05) is 13.8 Å². The van der Waals surface area contributed by atoms with Crippen LogP contribution in [0.2, 0.25) is 0 Å². The van der Waals surface area contributed by atoms with Gasteiger partial charge in [-0.15, -0.1) is 0 Å². The Balaban J connectivity index is 0.000000981. The minimum absolute atomic E-state index is 0.0330. The van der Waals surface area contributed by atoms with Gasteiger partial charge in [0.25, 0.3) is 10.1 Å². The van der Waals surface area contributed by atoms with Gasteiger partial charge in [0.15, 0.2) is 11.5 Å². The Kier molecular flexibility index (Phi) is 11.0. The average Bonchev–Trinajstić information content (AvgIpc) is 2.72. The fraction of sp³-hybridized carbons (Fsp3) is 0.364. The van der Waals surface area contributed by atoms with Crippen molar-refractivity contribution in [1.82, 2.24) is 5.32 Å². The van der Waals surface area contributed by atoms with Crippen LogP contribution in [0.1, 0.15) is 49.2 Å². The SMILES string of the molecule is CCC(=O)Nc1ccccc1C(=O)Oc1ccc(C(O)CNC(C)C)cc1O.CS(=O)(=O)O. The Labute approximate surface area is 193 Å². The number of ether oxygens (including phenoxy) is 1. The molecular formula is C22H30N2O8S. The molecule has 0 aliphatic carbocycles. The van der Waals surface area contributed by atoms with Crippen molar-refractivity contribution in [2.24, 2.45) is 0 Å². The zero-order valence-electron chi connectivity index (χ0n) is 18.9. The maximum Gasteiger partial charge on any atom is 0.345 e. The number of esters is 1. The minimum atomic E-state index is -3.67. The van der Waals surface area contributed by atoms with Gasteiger partial charge in [0.2, 0.25) is 5.91 Å². The van der Waals surface area contributed by atoms with Crippen LogP contribution in [0.25, 0.3) is 0 Å². The van der Waals surface area contributed by atoms with Gasteiger partial charge in [-0.25, -0.2) is 4.79 Å². The Bertz CT molecular complexity index is 1050. The molecule has 1 unspecified atom stereocenters. The van der Waals surface area contributed by atoms with E-state index in [1.54, 1.807) is 31.2 Å². The number of hydrogen-bond acceptors (Lipinski definition) is 8. The van der Waals surface area contributed by atoms with Gasteiger partial charge in [0, 0.05) is 19.0 Å². The second-order valence-electron chi connectivity index (χ2n) is 7.38. The molecule has 1 atom stereocenters. The van der Waals surface area contributed by atoms with E-state index < -0.39 is 22.2 Å². The van der Waals surface area contributed by atoms with Gasteiger partial charge >= 0.3 is 5.97 Å². The molecule has 0 spiro atoms. The van der Waals surface area contributed by atoms with E-state index in [0.29, 0.717) is 24.1 Å². The van der Waals surface area contributed by atoms with Crippen LogP contribution >= 0.6 is 0 Å². The number of aromatic hydroxyl groups is 1.